The van der Waals surface area contributed by atoms with Crippen LogP contribution in [0.3, 0.4) is 0 Å². The summed E-state index contributed by atoms with van der Waals surface area (Å²) < 4.78 is 1.77. The van der Waals surface area contributed by atoms with E-state index in [0.717, 1.165) is 32.6 Å². The first kappa shape index (κ1) is 12.0. The SMILES string of the molecule is O=C(O)CC1(NCCCn2ccnn2)CNC1. The summed E-state index contributed by atoms with van der Waals surface area (Å²) in [7, 11) is 0. The van der Waals surface area contributed by atoms with E-state index < -0.39 is 5.97 Å². The Hall–Kier alpha value is -1.47. The molecule has 1 aliphatic rings. The Morgan fingerprint density at radius 1 is 1.59 bits per heavy atom. The van der Waals surface area contributed by atoms with Gasteiger partial charge < -0.3 is 15.7 Å². The monoisotopic (exact) mass is 239 g/mol. The predicted molar refractivity (Wildman–Crippen MR) is 60.5 cm³/mol. The van der Waals surface area contributed by atoms with Crippen LogP contribution in [0.1, 0.15) is 12.8 Å². The van der Waals surface area contributed by atoms with Crippen LogP contribution >= 0.6 is 0 Å². The van der Waals surface area contributed by atoms with Crippen molar-refractivity contribution in [3.63, 3.8) is 0 Å². The van der Waals surface area contributed by atoms with Crippen LogP contribution in [-0.4, -0.2) is 51.2 Å². The van der Waals surface area contributed by atoms with Gasteiger partial charge in [0.05, 0.1) is 18.2 Å². The van der Waals surface area contributed by atoms with Crippen molar-refractivity contribution in [2.75, 3.05) is 19.6 Å². The van der Waals surface area contributed by atoms with Gasteiger partial charge in [-0.25, -0.2) is 0 Å². The Morgan fingerprint density at radius 2 is 2.41 bits per heavy atom. The van der Waals surface area contributed by atoms with E-state index >= 15 is 0 Å². The van der Waals surface area contributed by atoms with Gasteiger partial charge in [0, 0.05) is 25.8 Å². The molecule has 7 nitrogen and oxygen atoms in total. The lowest BCUT2D eigenvalue weighted by Gasteiger charge is -2.42. The number of hydrogen-bond acceptors (Lipinski definition) is 5. The van der Waals surface area contributed by atoms with E-state index in [0.29, 0.717) is 0 Å². The van der Waals surface area contributed by atoms with Gasteiger partial charge in [-0.1, -0.05) is 5.21 Å². The number of carboxylic acids is 1. The molecule has 0 saturated carbocycles. The molecule has 1 fully saturated rings. The molecule has 0 amide bonds. The van der Waals surface area contributed by atoms with E-state index in [9.17, 15) is 4.79 Å². The van der Waals surface area contributed by atoms with Crippen molar-refractivity contribution >= 4 is 5.97 Å². The molecule has 1 aromatic heterocycles. The molecule has 0 spiro atoms. The lowest BCUT2D eigenvalue weighted by Crippen LogP contribution is -2.68. The standard InChI is InChI=1S/C10H17N5O2/c16-9(17)6-10(7-11-8-10)12-2-1-4-15-5-3-13-14-15/h3,5,11-12H,1-2,4,6-8H2,(H,16,17). The molecule has 0 unspecified atom stereocenters. The van der Waals surface area contributed by atoms with E-state index in [1.165, 1.54) is 0 Å². The number of nitrogens with one attached hydrogen (secondary N) is 2. The molecule has 1 aromatic rings. The molecule has 1 aliphatic heterocycles. The lowest BCUT2D eigenvalue weighted by molar-refractivity contribution is -0.139. The Balaban J connectivity index is 1.68. The number of aliphatic carboxylic acids is 1. The first-order chi connectivity index (χ1) is 8.20. The summed E-state index contributed by atoms with van der Waals surface area (Å²) in [6.45, 7) is 3.03. The van der Waals surface area contributed by atoms with Gasteiger partial charge in [0.2, 0.25) is 0 Å². The molecular weight excluding hydrogens is 222 g/mol. The molecule has 0 bridgehead atoms. The zero-order valence-electron chi connectivity index (χ0n) is 9.59. The summed E-state index contributed by atoms with van der Waals surface area (Å²) in [5.74, 6) is -0.754. The van der Waals surface area contributed by atoms with Crippen molar-refractivity contribution < 1.29 is 9.90 Å². The van der Waals surface area contributed by atoms with Gasteiger partial charge in [0.15, 0.2) is 0 Å². The van der Waals surface area contributed by atoms with Crippen LogP contribution in [0.5, 0.6) is 0 Å². The number of nitrogens with zero attached hydrogens (tertiary/aromatic N) is 3. The molecule has 0 aliphatic carbocycles. The molecule has 17 heavy (non-hydrogen) atoms. The highest BCUT2D eigenvalue weighted by Gasteiger charge is 2.38. The summed E-state index contributed by atoms with van der Waals surface area (Å²) in [5.41, 5.74) is -0.256. The van der Waals surface area contributed by atoms with Crippen LogP contribution in [0.4, 0.5) is 0 Å². The highest BCUT2D eigenvalue weighted by Crippen LogP contribution is 2.15. The highest BCUT2D eigenvalue weighted by atomic mass is 16.4. The minimum Gasteiger partial charge on any atom is -0.481 e. The predicted octanol–water partition coefficient (Wildman–Crippen LogP) is -0.925. The second-order valence-electron chi connectivity index (χ2n) is 4.40. The third-order valence-electron chi connectivity index (χ3n) is 2.95. The zero-order chi connectivity index (χ0) is 12.1. The number of hydrogen-bond donors (Lipinski definition) is 3. The van der Waals surface area contributed by atoms with Crippen LogP contribution in [0, 0.1) is 0 Å². The molecule has 3 N–H and O–H groups in total. The van der Waals surface area contributed by atoms with Crippen LogP contribution in [0.25, 0.3) is 0 Å². The van der Waals surface area contributed by atoms with E-state index in [1.54, 1.807) is 10.9 Å². The third-order valence-corrected chi connectivity index (χ3v) is 2.95. The molecule has 1 saturated heterocycles. The fraction of sp³-hybridized carbons (Fsp3) is 0.700. The van der Waals surface area contributed by atoms with Gasteiger partial charge in [-0.05, 0) is 13.0 Å². The Labute approximate surface area is 99.2 Å². The maximum Gasteiger partial charge on any atom is 0.305 e. The molecule has 2 heterocycles. The van der Waals surface area contributed by atoms with Crippen LogP contribution in [0.2, 0.25) is 0 Å². The third kappa shape index (κ3) is 3.24. The normalized spacial score (nSPS) is 17.6. The average Bonchev–Trinajstić information content (AvgIpc) is 2.72. The van der Waals surface area contributed by atoms with E-state index in [1.807, 2.05) is 6.20 Å². The summed E-state index contributed by atoms with van der Waals surface area (Å²) in [5, 5.41) is 22.8. The smallest absolute Gasteiger partial charge is 0.305 e. The van der Waals surface area contributed by atoms with Crippen LogP contribution in [-0.2, 0) is 11.3 Å². The van der Waals surface area contributed by atoms with E-state index in [4.69, 9.17) is 5.11 Å². The summed E-state index contributed by atoms with van der Waals surface area (Å²) in [6, 6.07) is 0. The molecule has 2 rings (SSSR count). The zero-order valence-corrected chi connectivity index (χ0v) is 9.59. The molecule has 7 heteroatoms. The minimum atomic E-state index is -0.754. The van der Waals surface area contributed by atoms with Crippen LogP contribution in [0.15, 0.2) is 12.4 Å². The van der Waals surface area contributed by atoms with Crippen molar-refractivity contribution in [2.45, 2.75) is 24.9 Å². The average molecular weight is 239 g/mol. The Morgan fingerprint density at radius 3 is 2.94 bits per heavy atom. The van der Waals surface area contributed by atoms with Crippen molar-refractivity contribution in [3.05, 3.63) is 12.4 Å². The minimum absolute atomic E-state index is 0.170. The molecule has 0 radical (unpaired) electrons. The van der Waals surface area contributed by atoms with Gasteiger partial charge >= 0.3 is 5.97 Å². The van der Waals surface area contributed by atoms with Crippen LogP contribution < -0.4 is 10.6 Å². The number of carboxylic acid groups (broad SMARTS) is 1. The van der Waals surface area contributed by atoms with E-state index in [2.05, 4.69) is 20.9 Å². The largest absolute Gasteiger partial charge is 0.481 e. The number of rotatable bonds is 7. The van der Waals surface area contributed by atoms with Gasteiger partial charge in [0.1, 0.15) is 0 Å². The van der Waals surface area contributed by atoms with Crippen molar-refractivity contribution in [1.29, 1.82) is 0 Å². The summed E-state index contributed by atoms with van der Waals surface area (Å²) >= 11 is 0. The first-order valence-electron chi connectivity index (χ1n) is 5.72. The highest BCUT2D eigenvalue weighted by molar-refractivity contribution is 5.68. The first-order valence-corrected chi connectivity index (χ1v) is 5.72. The number of aromatic nitrogens is 3. The topological polar surface area (TPSA) is 92.1 Å². The Kier molecular flexibility index (Phi) is 3.70. The van der Waals surface area contributed by atoms with Gasteiger partial charge in [-0.2, -0.15) is 0 Å². The Bertz CT molecular complexity index is 361. The lowest BCUT2D eigenvalue weighted by atomic mass is 9.88. The molecule has 0 aromatic carbocycles. The maximum atomic E-state index is 10.7. The second kappa shape index (κ2) is 5.24. The quantitative estimate of drug-likeness (QED) is 0.533. The van der Waals surface area contributed by atoms with Gasteiger partial charge in [0.25, 0.3) is 0 Å². The fourth-order valence-corrected chi connectivity index (χ4v) is 1.98. The summed E-state index contributed by atoms with van der Waals surface area (Å²) in [6.07, 6.45) is 4.54. The van der Waals surface area contributed by atoms with Gasteiger partial charge in [-0.3, -0.25) is 9.48 Å². The van der Waals surface area contributed by atoms with Crippen molar-refractivity contribution in [3.8, 4) is 0 Å². The van der Waals surface area contributed by atoms with Gasteiger partial charge in [-0.15, -0.1) is 5.10 Å². The van der Waals surface area contributed by atoms with Crippen molar-refractivity contribution in [1.82, 2.24) is 25.6 Å². The maximum absolute atomic E-state index is 10.7. The molecule has 94 valence electrons. The molecule has 0 atom stereocenters. The number of carbonyl (C=O) groups is 1. The molecular formula is C10H17N5O2. The second-order valence-corrected chi connectivity index (χ2v) is 4.40. The summed E-state index contributed by atoms with van der Waals surface area (Å²) in [4.78, 5) is 10.7. The fourth-order valence-electron chi connectivity index (χ4n) is 1.98. The van der Waals surface area contributed by atoms with Crippen molar-refractivity contribution in [2.24, 2.45) is 0 Å². The number of aryl methyl sites for hydroxylation is 1. The van der Waals surface area contributed by atoms with E-state index in [-0.39, 0.29) is 12.0 Å².